The van der Waals surface area contributed by atoms with Gasteiger partial charge in [0.1, 0.15) is 17.0 Å². The molecule has 0 fully saturated rings. The van der Waals surface area contributed by atoms with Crippen LogP contribution in [0.2, 0.25) is 0 Å². The van der Waals surface area contributed by atoms with Crippen LogP contribution >= 0.6 is 0 Å². The molecule has 1 aliphatic rings. The van der Waals surface area contributed by atoms with Crippen LogP contribution in [0.15, 0.2) is 18.2 Å². The number of anilines is 2. The van der Waals surface area contributed by atoms with E-state index >= 15 is 0 Å². The quantitative estimate of drug-likeness (QED) is 0.830. The zero-order chi connectivity index (χ0) is 15.9. The molecule has 0 spiro atoms. The van der Waals surface area contributed by atoms with Crippen LogP contribution in [0.25, 0.3) is 0 Å². The standard InChI is InChI=1S/C15H20N2O4/c1-8(2)12-13(18)17(15(3,4)14(19)20)11-9(16)6-5-7-10(11)21-12/h5-8,12H,16H2,1-4H3,(H,19,20). The van der Waals surface area contributed by atoms with Gasteiger partial charge in [0.15, 0.2) is 6.10 Å². The number of hydrogen-bond acceptors (Lipinski definition) is 4. The highest BCUT2D eigenvalue weighted by Crippen LogP contribution is 2.43. The number of aliphatic carboxylic acids is 1. The molecule has 21 heavy (non-hydrogen) atoms. The largest absolute Gasteiger partial charge is 0.480 e. The smallest absolute Gasteiger partial charge is 0.329 e. The van der Waals surface area contributed by atoms with Gasteiger partial charge in [-0.05, 0) is 31.9 Å². The molecule has 3 N–H and O–H groups in total. The summed E-state index contributed by atoms with van der Waals surface area (Å²) in [5.41, 5.74) is 5.17. The summed E-state index contributed by atoms with van der Waals surface area (Å²) in [5.74, 6) is -1.14. The van der Waals surface area contributed by atoms with E-state index in [4.69, 9.17) is 10.5 Å². The summed E-state index contributed by atoms with van der Waals surface area (Å²) in [6.07, 6.45) is -0.724. The van der Waals surface area contributed by atoms with Crippen LogP contribution in [0.1, 0.15) is 27.7 Å². The number of nitrogens with two attached hydrogens (primary N) is 1. The SMILES string of the molecule is CC(C)C1Oc2cccc(N)c2N(C(C)(C)C(=O)O)C1=O. The maximum Gasteiger partial charge on any atom is 0.329 e. The predicted octanol–water partition coefficient (Wildman–Crippen LogP) is 1.88. The van der Waals surface area contributed by atoms with Crippen LogP contribution in [-0.4, -0.2) is 28.6 Å². The highest BCUT2D eigenvalue weighted by Gasteiger charge is 2.47. The topological polar surface area (TPSA) is 92.9 Å². The number of carbonyl (C=O) groups is 2. The zero-order valence-electron chi connectivity index (χ0n) is 12.6. The van der Waals surface area contributed by atoms with E-state index in [0.717, 1.165) is 0 Å². The summed E-state index contributed by atoms with van der Waals surface area (Å²) >= 11 is 0. The molecule has 0 bridgehead atoms. The number of para-hydroxylation sites is 1. The molecule has 0 aliphatic carbocycles. The van der Waals surface area contributed by atoms with Crippen molar-refractivity contribution in [2.24, 2.45) is 5.92 Å². The molecule has 6 heteroatoms. The van der Waals surface area contributed by atoms with Crippen LogP contribution < -0.4 is 15.4 Å². The van der Waals surface area contributed by atoms with E-state index in [1.807, 2.05) is 13.8 Å². The van der Waals surface area contributed by atoms with Crippen LogP contribution in [0.3, 0.4) is 0 Å². The monoisotopic (exact) mass is 292 g/mol. The summed E-state index contributed by atoms with van der Waals surface area (Å²) < 4.78 is 5.73. The lowest BCUT2D eigenvalue weighted by Gasteiger charge is -2.42. The van der Waals surface area contributed by atoms with Gasteiger partial charge in [-0.1, -0.05) is 19.9 Å². The van der Waals surface area contributed by atoms with E-state index in [2.05, 4.69) is 0 Å². The first-order valence-corrected chi connectivity index (χ1v) is 6.80. The average Bonchev–Trinajstić information content (AvgIpc) is 2.38. The molecule has 1 atom stereocenters. The highest BCUT2D eigenvalue weighted by molar-refractivity contribution is 6.08. The van der Waals surface area contributed by atoms with E-state index in [1.165, 1.54) is 18.7 Å². The number of carbonyl (C=O) groups excluding carboxylic acids is 1. The maximum atomic E-state index is 12.7. The van der Waals surface area contributed by atoms with Crippen molar-refractivity contribution in [1.82, 2.24) is 0 Å². The Morgan fingerprint density at radius 1 is 1.43 bits per heavy atom. The molecular formula is C15H20N2O4. The lowest BCUT2D eigenvalue weighted by molar-refractivity contribution is -0.145. The van der Waals surface area contributed by atoms with Crippen LogP contribution in [0.5, 0.6) is 5.75 Å². The first-order chi connectivity index (χ1) is 9.67. The second kappa shape index (κ2) is 4.95. The van der Waals surface area contributed by atoms with Gasteiger partial charge in [-0.2, -0.15) is 0 Å². The van der Waals surface area contributed by atoms with Crippen LogP contribution in [-0.2, 0) is 9.59 Å². The third-order valence-corrected chi connectivity index (χ3v) is 3.66. The molecule has 1 aliphatic heterocycles. The number of nitrogen functional groups attached to an aromatic ring is 1. The number of carboxylic acids is 1. The lowest BCUT2D eigenvalue weighted by Crippen LogP contribution is -2.60. The third-order valence-electron chi connectivity index (χ3n) is 3.66. The number of fused-ring (bicyclic) bond motifs is 1. The Balaban J connectivity index is 2.66. The second-order valence-electron chi connectivity index (χ2n) is 6.01. The summed E-state index contributed by atoms with van der Waals surface area (Å²) in [5, 5.41) is 9.48. The van der Waals surface area contributed by atoms with E-state index in [1.54, 1.807) is 18.2 Å². The molecule has 1 aromatic rings. The molecule has 6 nitrogen and oxygen atoms in total. The van der Waals surface area contributed by atoms with Gasteiger partial charge in [-0.15, -0.1) is 0 Å². The maximum absolute atomic E-state index is 12.7. The van der Waals surface area contributed by atoms with Gasteiger partial charge in [0.05, 0.1) is 5.69 Å². The Morgan fingerprint density at radius 2 is 2.05 bits per heavy atom. The molecule has 1 amide bonds. The minimum atomic E-state index is -1.42. The van der Waals surface area contributed by atoms with E-state index in [0.29, 0.717) is 17.1 Å². The molecular weight excluding hydrogens is 272 g/mol. The van der Waals surface area contributed by atoms with Crippen LogP contribution in [0.4, 0.5) is 11.4 Å². The van der Waals surface area contributed by atoms with Gasteiger partial charge < -0.3 is 15.6 Å². The number of ether oxygens (including phenoxy) is 1. The predicted molar refractivity (Wildman–Crippen MR) is 79.3 cm³/mol. The van der Waals surface area contributed by atoms with Gasteiger partial charge in [0.25, 0.3) is 5.91 Å². The number of rotatable bonds is 3. The van der Waals surface area contributed by atoms with E-state index < -0.39 is 17.6 Å². The molecule has 114 valence electrons. The molecule has 0 aromatic heterocycles. The number of nitrogens with zero attached hydrogens (tertiary/aromatic N) is 1. The van der Waals surface area contributed by atoms with Gasteiger partial charge in [0, 0.05) is 0 Å². The molecule has 1 heterocycles. The molecule has 2 rings (SSSR count). The van der Waals surface area contributed by atoms with Crippen LogP contribution in [0, 0.1) is 5.92 Å². The summed E-state index contributed by atoms with van der Waals surface area (Å²) in [7, 11) is 0. The molecule has 1 unspecified atom stereocenters. The molecule has 0 radical (unpaired) electrons. The van der Waals surface area contributed by atoms with Crippen molar-refractivity contribution in [3.8, 4) is 5.75 Å². The second-order valence-corrected chi connectivity index (χ2v) is 6.01. The van der Waals surface area contributed by atoms with Crippen molar-refractivity contribution in [3.63, 3.8) is 0 Å². The van der Waals surface area contributed by atoms with Gasteiger partial charge in [-0.25, -0.2) is 4.79 Å². The Labute approximate surface area is 123 Å². The number of amides is 1. The Morgan fingerprint density at radius 3 is 2.57 bits per heavy atom. The lowest BCUT2D eigenvalue weighted by atomic mass is 9.95. The Kier molecular flexibility index (Phi) is 3.57. The van der Waals surface area contributed by atoms with Crippen molar-refractivity contribution < 1.29 is 19.4 Å². The summed E-state index contributed by atoms with van der Waals surface area (Å²) in [6.45, 7) is 6.66. The van der Waals surface area contributed by atoms with E-state index in [9.17, 15) is 14.7 Å². The average molecular weight is 292 g/mol. The normalized spacial score (nSPS) is 18.4. The third kappa shape index (κ3) is 2.30. The zero-order valence-corrected chi connectivity index (χ0v) is 12.6. The molecule has 1 aromatic carbocycles. The van der Waals surface area contributed by atoms with Crippen molar-refractivity contribution in [2.45, 2.75) is 39.3 Å². The Bertz CT molecular complexity index is 595. The summed E-state index contributed by atoms with van der Waals surface area (Å²) in [6, 6.07) is 5.03. The molecule has 0 saturated heterocycles. The number of carboxylic acid groups (broad SMARTS) is 1. The fourth-order valence-corrected chi connectivity index (χ4v) is 2.37. The fraction of sp³-hybridized carbons (Fsp3) is 0.467. The first-order valence-electron chi connectivity index (χ1n) is 6.80. The van der Waals surface area contributed by atoms with Gasteiger partial charge in [-0.3, -0.25) is 9.69 Å². The summed E-state index contributed by atoms with van der Waals surface area (Å²) in [4.78, 5) is 25.5. The van der Waals surface area contributed by atoms with E-state index in [-0.39, 0.29) is 11.8 Å². The van der Waals surface area contributed by atoms with Crippen molar-refractivity contribution in [2.75, 3.05) is 10.6 Å². The van der Waals surface area contributed by atoms with Gasteiger partial charge >= 0.3 is 5.97 Å². The number of hydrogen-bond donors (Lipinski definition) is 2. The first kappa shape index (κ1) is 15.2. The van der Waals surface area contributed by atoms with Gasteiger partial charge in [0.2, 0.25) is 0 Å². The van der Waals surface area contributed by atoms with Crippen molar-refractivity contribution in [1.29, 1.82) is 0 Å². The number of benzene rings is 1. The Hall–Kier alpha value is -2.24. The minimum absolute atomic E-state index is 0.0841. The fourth-order valence-electron chi connectivity index (χ4n) is 2.37. The van der Waals surface area contributed by atoms with Crippen molar-refractivity contribution in [3.05, 3.63) is 18.2 Å². The highest BCUT2D eigenvalue weighted by atomic mass is 16.5. The van der Waals surface area contributed by atoms with Crippen molar-refractivity contribution >= 4 is 23.3 Å². The molecule has 0 saturated carbocycles. The minimum Gasteiger partial charge on any atom is -0.480 e.